The second-order valence-corrected chi connectivity index (χ2v) is 6.19. The van der Waals surface area contributed by atoms with Crippen LogP contribution in [0.1, 0.15) is 23.6 Å². The summed E-state index contributed by atoms with van der Waals surface area (Å²) in [6, 6.07) is 16.7. The van der Waals surface area contributed by atoms with Gasteiger partial charge >= 0.3 is 6.03 Å². The van der Waals surface area contributed by atoms with Crippen molar-refractivity contribution in [1.82, 2.24) is 10.2 Å². The van der Waals surface area contributed by atoms with Crippen LogP contribution in [0.4, 0.5) is 4.79 Å². The Labute approximate surface area is 156 Å². The molecule has 1 atom stereocenters. The number of carbonyl (C=O) groups excluding carboxylic acids is 2. The summed E-state index contributed by atoms with van der Waals surface area (Å²) in [6.45, 7) is 1.82. The van der Waals surface area contributed by atoms with Crippen LogP contribution < -0.4 is 10.1 Å². The van der Waals surface area contributed by atoms with E-state index in [0.717, 1.165) is 4.90 Å². The topological polar surface area (TPSA) is 106 Å². The van der Waals surface area contributed by atoms with Gasteiger partial charge < -0.3 is 10.1 Å². The minimum atomic E-state index is -1.22. The molecule has 1 heterocycles. The molecular formula is C20H16N4O3. The fraction of sp³-hybridized carbons (Fsp3) is 0.200. The standard InChI is InChI=1S/C20H16N4O3/c1-20(16-4-2-3-15(11-16)13-22)18(25)24(19(26)23-20)9-10-27-17-7-5-14(12-21)6-8-17/h2-8,11H,9-10H2,1H3,(H,23,26)/t20-/m1/s1. The predicted octanol–water partition coefficient (Wildman–Crippen LogP) is 2.28. The van der Waals surface area contributed by atoms with E-state index < -0.39 is 17.5 Å². The van der Waals surface area contributed by atoms with E-state index >= 15 is 0 Å². The second-order valence-electron chi connectivity index (χ2n) is 6.19. The lowest BCUT2D eigenvalue weighted by atomic mass is 9.91. The van der Waals surface area contributed by atoms with Gasteiger partial charge in [0.25, 0.3) is 5.91 Å². The first-order chi connectivity index (χ1) is 13.0. The smallest absolute Gasteiger partial charge is 0.325 e. The summed E-state index contributed by atoms with van der Waals surface area (Å²) in [6.07, 6.45) is 0. The van der Waals surface area contributed by atoms with Crippen LogP contribution in [-0.4, -0.2) is 30.0 Å². The van der Waals surface area contributed by atoms with Crippen molar-refractivity contribution in [2.45, 2.75) is 12.5 Å². The average Bonchev–Trinajstić information content (AvgIpc) is 2.92. The van der Waals surface area contributed by atoms with Gasteiger partial charge in [0.2, 0.25) is 0 Å². The van der Waals surface area contributed by atoms with Gasteiger partial charge in [-0.2, -0.15) is 10.5 Å². The lowest BCUT2D eigenvalue weighted by molar-refractivity contribution is -0.131. The Morgan fingerprint density at radius 1 is 1.07 bits per heavy atom. The minimum Gasteiger partial charge on any atom is -0.492 e. The summed E-state index contributed by atoms with van der Waals surface area (Å²) in [4.78, 5) is 26.2. The third-order valence-corrected chi connectivity index (χ3v) is 4.41. The van der Waals surface area contributed by atoms with Gasteiger partial charge in [-0.05, 0) is 48.9 Å². The van der Waals surface area contributed by atoms with Crippen LogP contribution in [0.25, 0.3) is 0 Å². The van der Waals surface area contributed by atoms with Crippen LogP contribution in [0.2, 0.25) is 0 Å². The summed E-state index contributed by atoms with van der Waals surface area (Å²) in [5.74, 6) is 0.150. The fourth-order valence-electron chi connectivity index (χ4n) is 2.88. The number of hydrogen-bond donors (Lipinski definition) is 1. The number of nitriles is 2. The van der Waals surface area contributed by atoms with Crippen molar-refractivity contribution in [3.8, 4) is 17.9 Å². The molecule has 2 aromatic carbocycles. The predicted molar refractivity (Wildman–Crippen MR) is 95.4 cm³/mol. The van der Waals surface area contributed by atoms with Crippen molar-refractivity contribution in [3.05, 3.63) is 65.2 Å². The van der Waals surface area contributed by atoms with E-state index in [1.807, 2.05) is 12.1 Å². The first-order valence-electron chi connectivity index (χ1n) is 8.25. The molecule has 27 heavy (non-hydrogen) atoms. The maximum Gasteiger partial charge on any atom is 0.325 e. The number of urea groups is 1. The van der Waals surface area contributed by atoms with Crippen molar-refractivity contribution in [2.24, 2.45) is 0 Å². The number of imide groups is 1. The third-order valence-electron chi connectivity index (χ3n) is 4.41. The van der Waals surface area contributed by atoms with Crippen LogP contribution in [0.15, 0.2) is 48.5 Å². The molecule has 3 amide bonds. The van der Waals surface area contributed by atoms with Crippen LogP contribution >= 0.6 is 0 Å². The van der Waals surface area contributed by atoms with E-state index in [-0.39, 0.29) is 13.2 Å². The molecule has 0 unspecified atom stereocenters. The molecule has 1 aliphatic heterocycles. The number of nitrogens with zero attached hydrogens (tertiary/aromatic N) is 3. The van der Waals surface area contributed by atoms with Gasteiger partial charge in [-0.1, -0.05) is 12.1 Å². The molecular weight excluding hydrogens is 344 g/mol. The molecule has 3 rings (SSSR count). The SMILES string of the molecule is C[C@]1(c2cccc(C#N)c2)NC(=O)N(CCOc2ccc(C#N)cc2)C1=O. The molecule has 1 aliphatic rings. The number of amides is 3. The highest BCUT2D eigenvalue weighted by Crippen LogP contribution is 2.29. The Bertz CT molecular complexity index is 972. The van der Waals surface area contributed by atoms with Crippen LogP contribution in [0, 0.1) is 22.7 Å². The number of hydrogen-bond acceptors (Lipinski definition) is 5. The van der Waals surface area contributed by atoms with Gasteiger partial charge in [0.15, 0.2) is 0 Å². The van der Waals surface area contributed by atoms with Crippen molar-refractivity contribution in [1.29, 1.82) is 10.5 Å². The molecule has 0 saturated carbocycles. The summed E-state index contributed by atoms with van der Waals surface area (Å²) >= 11 is 0. The van der Waals surface area contributed by atoms with Gasteiger partial charge in [0.1, 0.15) is 17.9 Å². The zero-order chi connectivity index (χ0) is 19.4. The average molecular weight is 360 g/mol. The Kier molecular flexibility index (Phi) is 4.78. The molecule has 1 fully saturated rings. The molecule has 0 spiro atoms. The highest BCUT2D eigenvalue weighted by molar-refractivity contribution is 6.07. The molecule has 0 bridgehead atoms. The normalized spacial score (nSPS) is 18.6. The number of nitrogens with one attached hydrogen (secondary N) is 1. The molecule has 1 saturated heterocycles. The molecule has 2 aromatic rings. The number of benzene rings is 2. The van der Waals surface area contributed by atoms with Gasteiger partial charge in [-0.25, -0.2) is 4.79 Å². The molecule has 0 radical (unpaired) electrons. The van der Waals surface area contributed by atoms with Crippen molar-refractivity contribution >= 4 is 11.9 Å². The maximum atomic E-state index is 12.8. The molecule has 0 aliphatic carbocycles. The lowest BCUT2D eigenvalue weighted by Gasteiger charge is -2.22. The Morgan fingerprint density at radius 2 is 1.78 bits per heavy atom. The summed E-state index contributed by atoms with van der Waals surface area (Å²) in [7, 11) is 0. The molecule has 1 N–H and O–H groups in total. The third kappa shape index (κ3) is 3.44. The highest BCUT2D eigenvalue weighted by atomic mass is 16.5. The van der Waals surface area contributed by atoms with Crippen molar-refractivity contribution in [2.75, 3.05) is 13.2 Å². The highest BCUT2D eigenvalue weighted by Gasteiger charge is 2.48. The summed E-state index contributed by atoms with van der Waals surface area (Å²) < 4.78 is 5.55. The monoisotopic (exact) mass is 360 g/mol. The maximum absolute atomic E-state index is 12.8. The van der Waals surface area contributed by atoms with E-state index in [1.54, 1.807) is 55.5 Å². The van der Waals surface area contributed by atoms with Gasteiger partial charge in [-0.3, -0.25) is 9.69 Å². The molecule has 134 valence electrons. The van der Waals surface area contributed by atoms with Crippen LogP contribution in [0.3, 0.4) is 0 Å². The van der Waals surface area contributed by atoms with E-state index in [0.29, 0.717) is 22.4 Å². The van der Waals surface area contributed by atoms with E-state index in [4.69, 9.17) is 15.3 Å². The fourth-order valence-corrected chi connectivity index (χ4v) is 2.88. The molecule has 0 aromatic heterocycles. The van der Waals surface area contributed by atoms with Gasteiger partial charge in [0.05, 0.1) is 29.8 Å². The molecule has 7 heteroatoms. The largest absolute Gasteiger partial charge is 0.492 e. The Morgan fingerprint density at radius 3 is 2.44 bits per heavy atom. The van der Waals surface area contributed by atoms with Gasteiger partial charge in [0, 0.05) is 0 Å². The van der Waals surface area contributed by atoms with Crippen LogP contribution in [-0.2, 0) is 10.3 Å². The van der Waals surface area contributed by atoms with E-state index in [9.17, 15) is 9.59 Å². The first-order valence-corrected chi connectivity index (χ1v) is 8.25. The zero-order valence-corrected chi connectivity index (χ0v) is 14.6. The summed E-state index contributed by atoms with van der Waals surface area (Å²) in [5, 5.41) is 20.5. The van der Waals surface area contributed by atoms with Crippen LogP contribution in [0.5, 0.6) is 5.75 Å². The lowest BCUT2D eigenvalue weighted by Crippen LogP contribution is -2.41. The van der Waals surface area contributed by atoms with Crippen molar-refractivity contribution < 1.29 is 14.3 Å². The number of rotatable bonds is 5. The van der Waals surface area contributed by atoms with Gasteiger partial charge in [-0.15, -0.1) is 0 Å². The summed E-state index contributed by atoms with van der Waals surface area (Å²) in [5.41, 5.74) is 0.263. The van der Waals surface area contributed by atoms with E-state index in [1.165, 1.54) is 0 Å². The number of ether oxygens (including phenoxy) is 1. The minimum absolute atomic E-state index is 0.0815. The Hall–Kier alpha value is -3.84. The number of carbonyl (C=O) groups is 2. The van der Waals surface area contributed by atoms with Crippen molar-refractivity contribution in [3.63, 3.8) is 0 Å². The first kappa shape index (κ1) is 18.0. The van der Waals surface area contributed by atoms with E-state index in [2.05, 4.69) is 5.32 Å². The Balaban J connectivity index is 1.68. The second kappa shape index (κ2) is 7.19. The zero-order valence-electron chi connectivity index (χ0n) is 14.6. The quantitative estimate of drug-likeness (QED) is 0.823. The molecule has 7 nitrogen and oxygen atoms in total.